The monoisotopic (exact) mass is 244 g/mol. The van der Waals surface area contributed by atoms with Crippen molar-refractivity contribution in [3.05, 3.63) is 0 Å². The summed E-state index contributed by atoms with van der Waals surface area (Å²) >= 11 is 0. The molecule has 0 aromatic rings. The first-order valence-electron chi connectivity index (χ1n) is 6.97. The van der Waals surface area contributed by atoms with Gasteiger partial charge in [-0.2, -0.15) is 0 Å². The number of rotatable bonds is 8. The van der Waals surface area contributed by atoms with Gasteiger partial charge in [-0.25, -0.2) is 0 Å². The average molecular weight is 244 g/mol. The minimum Gasteiger partial charge on any atom is -0.389 e. The van der Waals surface area contributed by atoms with E-state index in [1.165, 1.54) is 19.3 Å². The van der Waals surface area contributed by atoms with Crippen LogP contribution in [0.3, 0.4) is 0 Å². The Morgan fingerprint density at radius 1 is 1.47 bits per heavy atom. The lowest BCUT2D eigenvalue weighted by molar-refractivity contribution is 0.0152. The summed E-state index contributed by atoms with van der Waals surface area (Å²) in [5.74, 6) is 0. The molecule has 2 atom stereocenters. The zero-order valence-electron chi connectivity index (χ0n) is 11.3. The molecule has 1 rings (SSSR count). The lowest BCUT2D eigenvalue weighted by atomic mass is 10.1. The second-order valence-electron chi connectivity index (χ2n) is 4.87. The van der Waals surface area contributed by atoms with E-state index in [0.29, 0.717) is 19.3 Å². The van der Waals surface area contributed by atoms with Crippen molar-refractivity contribution < 1.29 is 9.84 Å². The average Bonchev–Trinajstić information content (AvgIpc) is 2.34. The second-order valence-corrected chi connectivity index (χ2v) is 4.87. The molecule has 0 bridgehead atoms. The molecule has 1 heterocycles. The van der Waals surface area contributed by atoms with E-state index in [9.17, 15) is 5.11 Å². The van der Waals surface area contributed by atoms with Crippen LogP contribution >= 0.6 is 0 Å². The number of aliphatic hydroxyl groups excluding tert-OH is 1. The van der Waals surface area contributed by atoms with E-state index in [-0.39, 0.29) is 6.10 Å². The molecule has 0 aliphatic carbocycles. The molecular weight excluding hydrogens is 216 g/mol. The number of β-amino-alcohol motifs (C(OH)–C–C–N with tert-alkyl or cyclic N) is 1. The number of hydrogen-bond donors (Lipinski definition) is 2. The zero-order valence-corrected chi connectivity index (χ0v) is 11.3. The fourth-order valence-electron chi connectivity index (χ4n) is 2.34. The van der Waals surface area contributed by atoms with E-state index in [2.05, 4.69) is 17.1 Å². The minimum absolute atomic E-state index is 0.347. The van der Waals surface area contributed by atoms with Gasteiger partial charge in [0.25, 0.3) is 0 Å². The van der Waals surface area contributed by atoms with E-state index in [0.717, 1.165) is 26.2 Å². The van der Waals surface area contributed by atoms with Crippen molar-refractivity contribution >= 4 is 0 Å². The number of nitrogens with one attached hydrogen (secondary N) is 1. The predicted molar refractivity (Wildman–Crippen MR) is 70.3 cm³/mol. The normalized spacial score (nSPS) is 23.8. The van der Waals surface area contributed by atoms with Gasteiger partial charge in [-0.15, -0.1) is 0 Å². The van der Waals surface area contributed by atoms with Crippen molar-refractivity contribution in [2.24, 2.45) is 0 Å². The van der Waals surface area contributed by atoms with Gasteiger partial charge in [0.05, 0.1) is 12.7 Å². The summed E-state index contributed by atoms with van der Waals surface area (Å²) < 4.78 is 5.24. The minimum atomic E-state index is -0.347. The summed E-state index contributed by atoms with van der Waals surface area (Å²) in [4.78, 5) is 2.35. The Morgan fingerprint density at radius 3 is 3.00 bits per heavy atom. The molecule has 0 aromatic carbocycles. The van der Waals surface area contributed by atoms with Gasteiger partial charge < -0.3 is 15.2 Å². The Morgan fingerprint density at radius 2 is 2.29 bits per heavy atom. The maximum absolute atomic E-state index is 9.81. The largest absolute Gasteiger partial charge is 0.389 e. The van der Waals surface area contributed by atoms with Crippen LogP contribution in [0.4, 0.5) is 0 Å². The lowest BCUT2D eigenvalue weighted by Crippen LogP contribution is -2.48. The Labute approximate surface area is 105 Å². The third kappa shape index (κ3) is 6.36. The first kappa shape index (κ1) is 14.9. The highest BCUT2D eigenvalue weighted by molar-refractivity contribution is 4.79. The van der Waals surface area contributed by atoms with Crippen LogP contribution in [0.5, 0.6) is 0 Å². The molecule has 1 aliphatic heterocycles. The van der Waals surface area contributed by atoms with Crippen molar-refractivity contribution in [2.45, 2.75) is 45.3 Å². The van der Waals surface area contributed by atoms with Crippen molar-refractivity contribution in [1.82, 2.24) is 10.2 Å². The first-order chi connectivity index (χ1) is 8.26. The van der Waals surface area contributed by atoms with Crippen LogP contribution in [0.15, 0.2) is 0 Å². The number of hydrogen-bond acceptors (Lipinski definition) is 4. The van der Waals surface area contributed by atoms with E-state index in [4.69, 9.17) is 4.74 Å². The smallest absolute Gasteiger partial charge is 0.0900 e. The molecule has 4 nitrogen and oxygen atoms in total. The topological polar surface area (TPSA) is 44.7 Å². The molecule has 0 spiro atoms. The molecule has 102 valence electrons. The van der Waals surface area contributed by atoms with Gasteiger partial charge in [-0.1, -0.05) is 6.92 Å². The van der Waals surface area contributed by atoms with Crippen LogP contribution < -0.4 is 5.32 Å². The second kappa shape index (κ2) is 8.86. The van der Waals surface area contributed by atoms with Crippen LogP contribution in [-0.2, 0) is 4.74 Å². The van der Waals surface area contributed by atoms with Crippen LogP contribution in [-0.4, -0.2) is 61.5 Å². The van der Waals surface area contributed by atoms with E-state index < -0.39 is 0 Å². The van der Waals surface area contributed by atoms with Gasteiger partial charge in [-0.05, 0) is 39.3 Å². The van der Waals surface area contributed by atoms with E-state index in [1.807, 2.05) is 6.92 Å². The van der Waals surface area contributed by atoms with Gasteiger partial charge in [0.1, 0.15) is 0 Å². The van der Waals surface area contributed by atoms with Crippen LogP contribution in [0.1, 0.15) is 33.1 Å². The maximum atomic E-state index is 9.81. The van der Waals surface area contributed by atoms with Crippen LogP contribution in [0.2, 0.25) is 0 Å². The number of aliphatic hydroxyl groups is 1. The van der Waals surface area contributed by atoms with E-state index >= 15 is 0 Å². The molecular formula is C13H28N2O2. The van der Waals surface area contributed by atoms with Crippen molar-refractivity contribution in [3.63, 3.8) is 0 Å². The Bertz CT molecular complexity index is 188. The molecule has 1 fully saturated rings. The van der Waals surface area contributed by atoms with Crippen molar-refractivity contribution in [3.8, 4) is 0 Å². The predicted octanol–water partition coefficient (Wildman–Crippen LogP) is 0.848. The molecule has 0 aromatic heterocycles. The molecule has 2 unspecified atom stereocenters. The number of nitrogens with zero attached hydrogens (tertiary/aromatic N) is 1. The summed E-state index contributed by atoms with van der Waals surface area (Å²) in [7, 11) is 0. The molecule has 0 radical (unpaired) electrons. The quantitative estimate of drug-likeness (QED) is 0.664. The van der Waals surface area contributed by atoms with Crippen molar-refractivity contribution in [2.75, 3.05) is 39.4 Å². The van der Waals surface area contributed by atoms with Gasteiger partial charge >= 0.3 is 0 Å². The lowest BCUT2D eigenvalue weighted by Gasteiger charge is -2.34. The SMILES string of the molecule is CCCNC1CCCN(CC(O)COCC)C1. The Balaban J connectivity index is 2.19. The van der Waals surface area contributed by atoms with Crippen LogP contribution in [0.25, 0.3) is 0 Å². The number of piperidine rings is 1. The highest BCUT2D eigenvalue weighted by Crippen LogP contribution is 2.10. The fraction of sp³-hybridized carbons (Fsp3) is 1.00. The van der Waals surface area contributed by atoms with Crippen molar-refractivity contribution in [1.29, 1.82) is 0 Å². The summed E-state index contributed by atoms with van der Waals surface area (Å²) in [6, 6.07) is 0.600. The molecule has 0 saturated carbocycles. The van der Waals surface area contributed by atoms with Gasteiger partial charge in [0.2, 0.25) is 0 Å². The summed E-state index contributed by atoms with van der Waals surface area (Å²) in [6.07, 6.45) is 3.32. The van der Waals surface area contributed by atoms with Crippen LogP contribution in [0, 0.1) is 0 Å². The van der Waals surface area contributed by atoms with Gasteiger partial charge in [-0.3, -0.25) is 4.90 Å². The summed E-state index contributed by atoms with van der Waals surface area (Å²) in [5.41, 5.74) is 0. The molecule has 4 heteroatoms. The maximum Gasteiger partial charge on any atom is 0.0900 e. The third-order valence-corrected chi connectivity index (χ3v) is 3.17. The first-order valence-corrected chi connectivity index (χ1v) is 6.97. The Kier molecular flexibility index (Phi) is 7.77. The Hall–Kier alpha value is -0.160. The molecule has 2 N–H and O–H groups in total. The highest BCUT2D eigenvalue weighted by Gasteiger charge is 2.20. The standard InChI is InChI=1S/C13H28N2O2/c1-3-7-14-12-6-5-8-15(9-12)10-13(16)11-17-4-2/h12-14,16H,3-11H2,1-2H3. The summed E-state index contributed by atoms with van der Waals surface area (Å²) in [5, 5.41) is 13.4. The number of likely N-dealkylation sites (tertiary alicyclic amines) is 1. The zero-order chi connectivity index (χ0) is 12.5. The highest BCUT2D eigenvalue weighted by atomic mass is 16.5. The number of ether oxygens (including phenoxy) is 1. The third-order valence-electron chi connectivity index (χ3n) is 3.17. The molecule has 0 amide bonds. The van der Waals surface area contributed by atoms with Gasteiger partial charge in [0.15, 0.2) is 0 Å². The van der Waals surface area contributed by atoms with E-state index in [1.54, 1.807) is 0 Å². The molecule has 1 aliphatic rings. The molecule has 1 saturated heterocycles. The van der Waals surface area contributed by atoms with Gasteiger partial charge in [0, 0.05) is 25.7 Å². The fourth-order valence-corrected chi connectivity index (χ4v) is 2.34. The summed E-state index contributed by atoms with van der Waals surface area (Å²) in [6.45, 7) is 9.29. The molecule has 17 heavy (non-hydrogen) atoms.